The quantitative estimate of drug-likeness (QED) is 0.366. The van der Waals surface area contributed by atoms with Crippen molar-refractivity contribution in [1.82, 2.24) is 25.3 Å². The van der Waals surface area contributed by atoms with Crippen LogP contribution in [-0.4, -0.2) is 45.4 Å². The standard InChI is InChI=1S/C27H30N6O3/c1-19(2)13-15-29-27(35)26(20-8-7-14-28-17-20)33(21-9-6-10-22(16-21)36-3)25(34)18-32-24-12-5-4-11-23(24)30-31-32/h4-12,14,16-17,19,26H,13,15,18H2,1-3H3,(H,29,35). The number of anilines is 1. The van der Waals surface area contributed by atoms with E-state index < -0.39 is 6.04 Å². The molecule has 0 fully saturated rings. The van der Waals surface area contributed by atoms with E-state index in [2.05, 4.69) is 34.5 Å². The third kappa shape index (κ3) is 5.68. The van der Waals surface area contributed by atoms with Crippen LogP contribution < -0.4 is 15.0 Å². The van der Waals surface area contributed by atoms with E-state index in [1.807, 2.05) is 24.3 Å². The molecule has 1 atom stereocenters. The number of nitrogens with one attached hydrogen (secondary N) is 1. The first-order chi connectivity index (χ1) is 17.5. The van der Waals surface area contributed by atoms with Crippen LogP contribution in [0, 0.1) is 5.92 Å². The molecule has 9 nitrogen and oxygen atoms in total. The minimum atomic E-state index is -0.944. The van der Waals surface area contributed by atoms with Crippen LogP contribution in [0.5, 0.6) is 5.75 Å². The van der Waals surface area contributed by atoms with E-state index in [1.165, 1.54) is 4.90 Å². The van der Waals surface area contributed by atoms with Gasteiger partial charge in [-0.15, -0.1) is 5.10 Å². The number of amides is 2. The third-order valence-electron chi connectivity index (χ3n) is 5.83. The number of methoxy groups -OCH3 is 1. The second kappa shape index (κ2) is 11.4. The van der Waals surface area contributed by atoms with Gasteiger partial charge >= 0.3 is 0 Å². The van der Waals surface area contributed by atoms with E-state index >= 15 is 0 Å². The van der Waals surface area contributed by atoms with Gasteiger partial charge in [-0.2, -0.15) is 0 Å². The Kier molecular flexibility index (Phi) is 7.89. The summed E-state index contributed by atoms with van der Waals surface area (Å²) in [4.78, 5) is 33.3. The maximum absolute atomic E-state index is 14.0. The third-order valence-corrected chi connectivity index (χ3v) is 5.83. The number of hydrogen-bond donors (Lipinski definition) is 1. The van der Waals surface area contributed by atoms with Gasteiger partial charge in [0.1, 0.15) is 23.9 Å². The Morgan fingerprint density at radius 3 is 2.67 bits per heavy atom. The number of hydrogen-bond acceptors (Lipinski definition) is 6. The summed E-state index contributed by atoms with van der Waals surface area (Å²) in [6.45, 7) is 4.59. The van der Waals surface area contributed by atoms with Crippen molar-refractivity contribution in [2.45, 2.75) is 32.9 Å². The molecule has 0 aliphatic heterocycles. The smallest absolute Gasteiger partial charge is 0.249 e. The molecule has 0 bridgehead atoms. The number of ether oxygens (including phenoxy) is 1. The molecule has 0 saturated heterocycles. The minimum absolute atomic E-state index is 0.103. The van der Waals surface area contributed by atoms with E-state index in [1.54, 1.807) is 60.6 Å². The van der Waals surface area contributed by atoms with Crippen molar-refractivity contribution in [2.24, 2.45) is 5.92 Å². The molecule has 2 aromatic heterocycles. The fourth-order valence-corrected chi connectivity index (χ4v) is 3.97. The van der Waals surface area contributed by atoms with Crippen LogP contribution in [-0.2, 0) is 16.1 Å². The molecule has 0 aliphatic rings. The summed E-state index contributed by atoms with van der Waals surface area (Å²) < 4.78 is 6.95. The van der Waals surface area contributed by atoms with Gasteiger partial charge in [-0.25, -0.2) is 4.68 Å². The normalized spacial score (nSPS) is 11.9. The number of carbonyl (C=O) groups excluding carboxylic acids is 2. The lowest BCUT2D eigenvalue weighted by molar-refractivity contribution is -0.127. The number of benzene rings is 2. The highest BCUT2D eigenvalue weighted by molar-refractivity contribution is 6.01. The van der Waals surface area contributed by atoms with Gasteiger partial charge in [0.15, 0.2) is 0 Å². The number of fused-ring (bicyclic) bond motifs is 1. The topological polar surface area (TPSA) is 102 Å². The van der Waals surface area contributed by atoms with Crippen molar-refractivity contribution < 1.29 is 14.3 Å². The lowest BCUT2D eigenvalue weighted by Crippen LogP contribution is -2.45. The monoisotopic (exact) mass is 486 g/mol. The molecule has 2 heterocycles. The fourth-order valence-electron chi connectivity index (χ4n) is 3.97. The second-order valence-corrected chi connectivity index (χ2v) is 8.86. The molecule has 9 heteroatoms. The van der Waals surface area contributed by atoms with Gasteiger partial charge in [-0.1, -0.05) is 43.3 Å². The van der Waals surface area contributed by atoms with Crippen molar-refractivity contribution in [3.8, 4) is 5.75 Å². The zero-order chi connectivity index (χ0) is 25.5. The van der Waals surface area contributed by atoms with E-state index in [-0.39, 0.29) is 18.4 Å². The Labute approximate surface area is 210 Å². The first kappa shape index (κ1) is 24.8. The Hall–Kier alpha value is -4.27. The molecule has 0 saturated carbocycles. The predicted octanol–water partition coefficient (Wildman–Crippen LogP) is 3.77. The Bertz CT molecular complexity index is 1320. The summed E-state index contributed by atoms with van der Waals surface area (Å²) in [5.41, 5.74) is 2.54. The Balaban J connectivity index is 1.76. The van der Waals surface area contributed by atoms with Crippen LogP contribution in [0.3, 0.4) is 0 Å². The fraction of sp³-hybridized carbons (Fsp3) is 0.296. The number of nitrogens with zero attached hydrogens (tertiary/aromatic N) is 5. The first-order valence-electron chi connectivity index (χ1n) is 11.9. The molecule has 4 rings (SSSR count). The number of rotatable bonds is 10. The van der Waals surface area contributed by atoms with E-state index in [4.69, 9.17) is 4.74 Å². The average Bonchev–Trinajstić information content (AvgIpc) is 3.30. The van der Waals surface area contributed by atoms with Crippen molar-refractivity contribution >= 4 is 28.5 Å². The van der Waals surface area contributed by atoms with Crippen LogP contribution in [0.2, 0.25) is 0 Å². The maximum Gasteiger partial charge on any atom is 0.249 e. The molecular formula is C27H30N6O3. The summed E-state index contributed by atoms with van der Waals surface area (Å²) >= 11 is 0. The van der Waals surface area contributed by atoms with Gasteiger partial charge in [0.25, 0.3) is 0 Å². The SMILES string of the molecule is COc1cccc(N(C(=O)Cn2nnc3ccccc32)C(C(=O)NCCC(C)C)c2cccnc2)c1. The molecule has 4 aromatic rings. The minimum Gasteiger partial charge on any atom is -0.497 e. The van der Waals surface area contributed by atoms with Gasteiger partial charge in [-0.05, 0) is 42.7 Å². The molecule has 0 spiro atoms. The van der Waals surface area contributed by atoms with Gasteiger partial charge < -0.3 is 10.1 Å². The van der Waals surface area contributed by atoms with Crippen LogP contribution in [0.25, 0.3) is 11.0 Å². The van der Waals surface area contributed by atoms with Crippen molar-refractivity contribution in [3.63, 3.8) is 0 Å². The summed E-state index contributed by atoms with van der Waals surface area (Å²) in [6, 6.07) is 17.1. The predicted molar refractivity (Wildman–Crippen MR) is 137 cm³/mol. The molecule has 1 N–H and O–H groups in total. The zero-order valence-electron chi connectivity index (χ0n) is 20.7. The molecular weight excluding hydrogens is 456 g/mol. The number of aromatic nitrogens is 4. The molecule has 0 aliphatic carbocycles. The number of pyridine rings is 1. The van der Waals surface area contributed by atoms with E-state index in [0.717, 1.165) is 11.9 Å². The number of carbonyl (C=O) groups is 2. The van der Waals surface area contributed by atoms with Crippen LogP contribution >= 0.6 is 0 Å². The molecule has 1 unspecified atom stereocenters. The molecule has 186 valence electrons. The molecule has 36 heavy (non-hydrogen) atoms. The Morgan fingerprint density at radius 1 is 1.08 bits per heavy atom. The maximum atomic E-state index is 14.0. The molecule has 2 amide bonds. The lowest BCUT2D eigenvalue weighted by Gasteiger charge is -2.31. The zero-order valence-corrected chi connectivity index (χ0v) is 20.7. The second-order valence-electron chi connectivity index (χ2n) is 8.86. The van der Waals surface area contributed by atoms with Crippen molar-refractivity contribution in [1.29, 1.82) is 0 Å². The van der Waals surface area contributed by atoms with Crippen molar-refractivity contribution in [2.75, 3.05) is 18.6 Å². The van der Waals surface area contributed by atoms with Gasteiger partial charge in [0, 0.05) is 36.3 Å². The van der Waals surface area contributed by atoms with Crippen molar-refractivity contribution in [3.05, 3.63) is 78.6 Å². The van der Waals surface area contributed by atoms with Crippen LogP contribution in [0.1, 0.15) is 31.9 Å². The molecule has 2 aromatic carbocycles. The summed E-state index contributed by atoms with van der Waals surface area (Å²) in [5.74, 6) is 0.385. The number of para-hydroxylation sites is 1. The highest BCUT2D eigenvalue weighted by atomic mass is 16.5. The highest BCUT2D eigenvalue weighted by Gasteiger charge is 2.33. The van der Waals surface area contributed by atoms with E-state index in [0.29, 0.717) is 35.0 Å². The average molecular weight is 487 g/mol. The van der Waals surface area contributed by atoms with Gasteiger partial charge in [0.2, 0.25) is 11.8 Å². The lowest BCUT2D eigenvalue weighted by atomic mass is 10.0. The van der Waals surface area contributed by atoms with E-state index in [9.17, 15) is 9.59 Å². The Morgan fingerprint density at radius 2 is 1.92 bits per heavy atom. The first-order valence-corrected chi connectivity index (χ1v) is 11.9. The van der Waals surface area contributed by atoms with Gasteiger partial charge in [-0.3, -0.25) is 19.5 Å². The summed E-state index contributed by atoms with van der Waals surface area (Å²) in [5, 5.41) is 11.3. The largest absolute Gasteiger partial charge is 0.497 e. The highest BCUT2D eigenvalue weighted by Crippen LogP contribution is 2.30. The molecule has 0 radical (unpaired) electrons. The van der Waals surface area contributed by atoms with Crippen LogP contribution in [0.15, 0.2) is 73.1 Å². The van der Waals surface area contributed by atoms with Crippen LogP contribution in [0.4, 0.5) is 5.69 Å². The van der Waals surface area contributed by atoms with Gasteiger partial charge in [0.05, 0.1) is 12.6 Å². The summed E-state index contributed by atoms with van der Waals surface area (Å²) in [6.07, 6.45) is 4.07. The summed E-state index contributed by atoms with van der Waals surface area (Å²) in [7, 11) is 1.56.